The molecule has 0 aromatic heterocycles. The summed E-state index contributed by atoms with van der Waals surface area (Å²) < 4.78 is 36.4. The van der Waals surface area contributed by atoms with Crippen molar-refractivity contribution in [3.05, 3.63) is 65.2 Å². The first kappa shape index (κ1) is 23.0. The van der Waals surface area contributed by atoms with E-state index >= 15 is 0 Å². The molecule has 8 nitrogen and oxygen atoms in total. The number of aliphatic hydroxyl groups is 1. The van der Waals surface area contributed by atoms with Gasteiger partial charge in [0.25, 0.3) is 5.91 Å². The molecule has 0 heterocycles. The number of phenols is 1. The van der Waals surface area contributed by atoms with Gasteiger partial charge in [0.1, 0.15) is 18.5 Å². The zero-order chi connectivity index (χ0) is 22.5. The summed E-state index contributed by atoms with van der Waals surface area (Å²) in [4.78, 5) is 23.2. The Balaban J connectivity index is 2.07. The lowest BCUT2D eigenvalue weighted by Crippen LogP contribution is -2.40. The number of primary amides is 1. The molecule has 2 aromatic rings. The Morgan fingerprint density at radius 3 is 2.33 bits per heavy atom. The third kappa shape index (κ3) is 5.88. The molecule has 2 amide bonds. The zero-order valence-corrected chi connectivity index (χ0v) is 16.8. The summed E-state index contributed by atoms with van der Waals surface area (Å²) >= 11 is 0. The number of benzene rings is 2. The first-order valence-corrected chi connectivity index (χ1v) is 10.6. The van der Waals surface area contributed by atoms with Crippen molar-refractivity contribution >= 4 is 27.7 Å². The molecule has 2 aromatic carbocycles. The van der Waals surface area contributed by atoms with E-state index in [1.165, 1.54) is 48.5 Å². The number of halogens is 1. The maximum absolute atomic E-state index is 13.4. The average molecular weight is 436 g/mol. The molecule has 0 aliphatic carbocycles. The Hall–Kier alpha value is -3.24. The SMILES string of the molecule is CS(=O)(=O)c1ccc([C@H](O)[C@@H](CF)NC(=O)C=Cc2ccc(C(N)=O)c(O)c2)cc1. The van der Waals surface area contributed by atoms with Gasteiger partial charge in [0.05, 0.1) is 16.5 Å². The van der Waals surface area contributed by atoms with E-state index in [-0.39, 0.29) is 21.8 Å². The third-order valence-electron chi connectivity index (χ3n) is 4.24. The van der Waals surface area contributed by atoms with Crippen LogP contribution in [0.25, 0.3) is 6.08 Å². The van der Waals surface area contributed by atoms with Crippen molar-refractivity contribution in [3.8, 4) is 5.75 Å². The highest BCUT2D eigenvalue weighted by Crippen LogP contribution is 2.21. The average Bonchev–Trinajstić information content (AvgIpc) is 2.69. The second kappa shape index (κ2) is 9.51. The monoisotopic (exact) mass is 436 g/mol. The highest BCUT2D eigenvalue weighted by Gasteiger charge is 2.22. The number of rotatable bonds is 8. The maximum Gasteiger partial charge on any atom is 0.252 e. The number of hydrogen-bond donors (Lipinski definition) is 4. The predicted molar refractivity (Wildman–Crippen MR) is 108 cm³/mol. The van der Waals surface area contributed by atoms with E-state index < -0.39 is 40.5 Å². The van der Waals surface area contributed by atoms with Crippen molar-refractivity contribution in [3.63, 3.8) is 0 Å². The minimum atomic E-state index is -3.41. The molecular formula is C20H21FN2O6S. The first-order chi connectivity index (χ1) is 14.0. The van der Waals surface area contributed by atoms with Crippen molar-refractivity contribution < 1.29 is 32.6 Å². The number of alkyl halides is 1. The van der Waals surface area contributed by atoms with Crippen LogP contribution in [0.5, 0.6) is 5.75 Å². The van der Waals surface area contributed by atoms with Crippen LogP contribution in [0.2, 0.25) is 0 Å². The highest BCUT2D eigenvalue weighted by molar-refractivity contribution is 7.90. The van der Waals surface area contributed by atoms with E-state index in [4.69, 9.17) is 5.73 Å². The van der Waals surface area contributed by atoms with E-state index in [0.29, 0.717) is 5.56 Å². The van der Waals surface area contributed by atoms with Gasteiger partial charge in [0.2, 0.25) is 5.91 Å². The van der Waals surface area contributed by atoms with Gasteiger partial charge in [0.15, 0.2) is 9.84 Å². The molecule has 0 unspecified atom stereocenters. The fourth-order valence-corrected chi connectivity index (χ4v) is 3.24. The number of aromatic hydroxyl groups is 1. The van der Waals surface area contributed by atoms with Crippen LogP contribution in [0.4, 0.5) is 4.39 Å². The normalized spacial score (nSPS) is 13.7. The van der Waals surface area contributed by atoms with Crippen molar-refractivity contribution in [1.29, 1.82) is 0 Å². The third-order valence-corrected chi connectivity index (χ3v) is 5.37. The summed E-state index contributed by atoms with van der Waals surface area (Å²) in [5.41, 5.74) is 5.65. The molecule has 160 valence electrons. The molecule has 0 radical (unpaired) electrons. The van der Waals surface area contributed by atoms with Gasteiger partial charge < -0.3 is 21.3 Å². The van der Waals surface area contributed by atoms with Crippen LogP contribution in [0, 0.1) is 0 Å². The van der Waals surface area contributed by atoms with Crippen molar-refractivity contribution in [2.24, 2.45) is 5.73 Å². The number of hydrogen-bond acceptors (Lipinski definition) is 6. The fourth-order valence-electron chi connectivity index (χ4n) is 2.61. The van der Waals surface area contributed by atoms with Crippen molar-refractivity contribution in [2.45, 2.75) is 17.0 Å². The van der Waals surface area contributed by atoms with E-state index in [0.717, 1.165) is 12.3 Å². The number of sulfone groups is 1. The zero-order valence-electron chi connectivity index (χ0n) is 15.9. The lowest BCUT2D eigenvalue weighted by Gasteiger charge is -2.21. The minimum Gasteiger partial charge on any atom is -0.507 e. The quantitative estimate of drug-likeness (QED) is 0.456. The lowest BCUT2D eigenvalue weighted by atomic mass is 10.0. The van der Waals surface area contributed by atoms with Crippen molar-refractivity contribution in [2.75, 3.05) is 12.9 Å². The molecule has 2 rings (SSSR count). The predicted octanol–water partition coefficient (Wildman–Crippen LogP) is 1.10. The van der Waals surface area contributed by atoms with Gasteiger partial charge in [-0.25, -0.2) is 12.8 Å². The Kier molecular flexibility index (Phi) is 7.30. The topological polar surface area (TPSA) is 147 Å². The van der Waals surface area contributed by atoms with Crippen LogP contribution >= 0.6 is 0 Å². The molecule has 0 aliphatic rings. The van der Waals surface area contributed by atoms with E-state index in [9.17, 15) is 32.6 Å². The molecule has 0 bridgehead atoms. The lowest BCUT2D eigenvalue weighted by molar-refractivity contribution is -0.118. The van der Waals surface area contributed by atoms with Gasteiger partial charge in [0, 0.05) is 12.3 Å². The van der Waals surface area contributed by atoms with Gasteiger partial charge in [-0.3, -0.25) is 9.59 Å². The largest absolute Gasteiger partial charge is 0.507 e. The molecule has 30 heavy (non-hydrogen) atoms. The summed E-state index contributed by atoms with van der Waals surface area (Å²) in [7, 11) is -3.41. The number of carbonyl (C=O) groups is 2. The van der Waals surface area contributed by atoms with E-state index in [1.807, 2.05) is 0 Å². The van der Waals surface area contributed by atoms with E-state index in [1.54, 1.807) is 0 Å². The summed E-state index contributed by atoms with van der Waals surface area (Å²) in [5, 5.41) is 22.4. The molecule has 0 fully saturated rings. The summed E-state index contributed by atoms with van der Waals surface area (Å²) in [6.07, 6.45) is 2.03. The van der Waals surface area contributed by atoms with Crippen LogP contribution in [0.1, 0.15) is 27.6 Å². The number of amides is 2. The summed E-state index contributed by atoms with van der Waals surface area (Å²) in [6.45, 7) is -1.07. The van der Waals surface area contributed by atoms with Crippen LogP contribution in [-0.4, -0.2) is 49.4 Å². The van der Waals surface area contributed by atoms with Crippen LogP contribution in [-0.2, 0) is 14.6 Å². The molecule has 5 N–H and O–H groups in total. The van der Waals surface area contributed by atoms with E-state index in [2.05, 4.69) is 5.32 Å². The van der Waals surface area contributed by atoms with Crippen LogP contribution in [0.3, 0.4) is 0 Å². The second-order valence-corrected chi connectivity index (χ2v) is 8.55. The number of nitrogens with two attached hydrogens (primary N) is 1. The Bertz CT molecular complexity index is 1070. The fraction of sp³-hybridized carbons (Fsp3) is 0.200. The Morgan fingerprint density at radius 2 is 1.83 bits per heavy atom. The molecule has 10 heteroatoms. The standard InChI is InChI=1S/C20H21FN2O6S/c1-30(28,29)14-6-4-13(5-7-14)19(26)16(11-21)23-18(25)9-3-12-2-8-15(20(22)27)17(24)10-12/h2-10,16,19,24,26H,11H2,1H3,(H2,22,27)(H,23,25)/t16-,19+/m1/s1. The van der Waals surface area contributed by atoms with Gasteiger partial charge >= 0.3 is 0 Å². The minimum absolute atomic E-state index is 0.0489. The number of aliphatic hydroxyl groups excluding tert-OH is 1. The van der Waals surface area contributed by atoms with Crippen LogP contribution in [0.15, 0.2) is 53.4 Å². The molecule has 0 saturated carbocycles. The van der Waals surface area contributed by atoms with Gasteiger partial charge in [-0.2, -0.15) is 0 Å². The second-order valence-electron chi connectivity index (χ2n) is 6.53. The Morgan fingerprint density at radius 1 is 1.20 bits per heavy atom. The molecule has 0 saturated heterocycles. The smallest absolute Gasteiger partial charge is 0.252 e. The maximum atomic E-state index is 13.4. The molecule has 2 atom stereocenters. The number of carbonyl (C=O) groups excluding carboxylic acids is 2. The summed E-state index contributed by atoms with van der Waals surface area (Å²) in [5.74, 6) is -1.85. The highest BCUT2D eigenvalue weighted by atomic mass is 32.2. The van der Waals surface area contributed by atoms with Crippen molar-refractivity contribution in [1.82, 2.24) is 5.32 Å². The Labute approximate surface area is 172 Å². The van der Waals surface area contributed by atoms with Gasteiger partial charge in [-0.1, -0.05) is 18.2 Å². The first-order valence-electron chi connectivity index (χ1n) is 8.68. The molecule has 0 aliphatic heterocycles. The summed E-state index contributed by atoms with van der Waals surface area (Å²) in [6, 6.07) is 7.97. The molecule has 0 spiro atoms. The van der Waals surface area contributed by atoms with Gasteiger partial charge in [-0.15, -0.1) is 0 Å². The molecular weight excluding hydrogens is 415 g/mol. The van der Waals surface area contributed by atoms with Crippen LogP contribution < -0.4 is 11.1 Å². The van der Waals surface area contributed by atoms with Gasteiger partial charge in [-0.05, 0) is 41.5 Å². The number of nitrogens with one attached hydrogen (secondary N) is 1.